The standard InChI is InChI=1S/2C26H21.C2H6Si.2ClH.Zr/c2*1-2-8-18-15-19-11-7-14-24(25(19)16-18)26-22-12-5-3-9-20(22)17-21-10-4-6-13-23(21)26;1-3-2;;;/h2*3-7,9-17H,2,8H2,1H3;1-2H3;2*1H;/q;;;;;+2/p-2. The van der Waals surface area contributed by atoms with Gasteiger partial charge in [0.1, 0.15) is 0 Å². The molecule has 0 saturated carbocycles. The summed E-state index contributed by atoms with van der Waals surface area (Å²) in [6.07, 6.45) is 10.1. The van der Waals surface area contributed by atoms with E-state index in [0.717, 1.165) is 0 Å². The monoisotopic (exact) mass is 884 g/mol. The van der Waals surface area contributed by atoms with Crippen LogP contribution in [-0.2, 0) is 20.4 Å². The maximum absolute atomic E-state index is 2.69. The number of halogens is 2. The summed E-state index contributed by atoms with van der Waals surface area (Å²) in [4.78, 5) is 0. The summed E-state index contributed by atoms with van der Waals surface area (Å²) < 4.78 is 1.19. The molecule has 2 unspecified atom stereocenters. The van der Waals surface area contributed by atoms with Crippen molar-refractivity contribution >= 4 is 60.7 Å². The number of allylic oxidation sites excluding steroid dienone is 2. The molecule has 0 heterocycles. The molecule has 58 heavy (non-hydrogen) atoms. The molecule has 0 bridgehead atoms. The summed E-state index contributed by atoms with van der Waals surface area (Å²) in [6, 6.07) is 55.6. The smallest absolute Gasteiger partial charge is 1.00 e. The molecule has 0 aromatic heterocycles. The Kier molecular flexibility index (Phi) is 11.9. The Morgan fingerprint density at radius 1 is 0.448 bits per heavy atom. The third-order valence-electron chi connectivity index (χ3n) is 12.7. The van der Waals surface area contributed by atoms with Crippen molar-refractivity contribution in [1.82, 2.24) is 0 Å². The van der Waals surface area contributed by atoms with Crippen LogP contribution in [0, 0.1) is 0 Å². The van der Waals surface area contributed by atoms with Gasteiger partial charge in [0.25, 0.3) is 0 Å². The van der Waals surface area contributed by atoms with E-state index >= 15 is 0 Å². The molecule has 0 saturated heterocycles. The molecule has 4 heteroatoms. The summed E-state index contributed by atoms with van der Waals surface area (Å²) in [5, 5.41) is 10.7. The summed E-state index contributed by atoms with van der Waals surface area (Å²) >= 11 is -2.38. The molecule has 8 aromatic rings. The molecule has 0 aliphatic heterocycles. The average Bonchev–Trinajstić information content (AvgIpc) is 3.77. The van der Waals surface area contributed by atoms with Crippen LogP contribution in [0.2, 0.25) is 13.1 Å². The number of fused-ring (bicyclic) bond motifs is 6. The summed E-state index contributed by atoms with van der Waals surface area (Å²) in [5.41, 5.74) is 14.7. The maximum Gasteiger partial charge on any atom is -1.00 e. The predicted molar refractivity (Wildman–Crippen MR) is 243 cm³/mol. The van der Waals surface area contributed by atoms with Crippen LogP contribution >= 0.6 is 0 Å². The molecular weight excluding hydrogens is 839 g/mol. The van der Waals surface area contributed by atoms with Gasteiger partial charge in [-0.3, -0.25) is 0 Å². The first-order chi connectivity index (χ1) is 27.6. The maximum atomic E-state index is 2.69. The van der Waals surface area contributed by atoms with E-state index in [2.05, 4.69) is 185 Å². The Morgan fingerprint density at radius 3 is 1.12 bits per heavy atom. The second-order valence-corrected chi connectivity index (χ2v) is 34.1. The van der Waals surface area contributed by atoms with Gasteiger partial charge in [0, 0.05) is 0 Å². The second kappa shape index (κ2) is 16.9. The van der Waals surface area contributed by atoms with Crippen molar-refractivity contribution in [2.24, 2.45) is 0 Å². The minimum Gasteiger partial charge on any atom is -1.00 e. The van der Waals surface area contributed by atoms with Gasteiger partial charge in [0.05, 0.1) is 0 Å². The zero-order valence-corrected chi connectivity index (χ0v) is 38.7. The van der Waals surface area contributed by atoms with E-state index in [0.29, 0.717) is 7.25 Å². The Bertz CT molecular complexity index is 2680. The normalized spacial score (nSPS) is 15.3. The topological polar surface area (TPSA) is 0 Å². The molecule has 2 aliphatic carbocycles. The Labute approximate surface area is 364 Å². The number of hydrogen-bond donors (Lipinski definition) is 0. The fraction of sp³-hybridized carbons (Fsp3) is 0.185. The molecule has 0 fully saturated rings. The fourth-order valence-corrected chi connectivity index (χ4v) is 31.0. The van der Waals surface area contributed by atoms with Crippen LogP contribution in [0.1, 0.15) is 69.0 Å². The van der Waals surface area contributed by atoms with Crippen LogP contribution in [0.15, 0.2) is 157 Å². The van der Waals surface area contributed by atoms with Gasteiger partial charge in [0.2, 0.25) is 0 Å². The fourth-order valence-electron chi connectivity index (χ4n) is 10.5. The Morgan fingerprint density at radius 2 is 0.793 bits per heavy atom. The molecule has 2 atom stereocenters. The van der Waals surface area contributed by atoms with Crippen LogP contribution < -0.4 is 24.8 Å². The minimum absolute atomic E-state index is 0. The van der Waals surface area contributed by atoms with Crippen LogP contribution in [0.4, 0.5) is 0 Å². The Balaban J connectivity index is 0.00000235. The Hall–Kier alpha value is -4.04. The van der Waals surface area contributed by atoms with E-state index in [4.69, 9.17) is 0 Å². The van der Waals surface area contributed by atoms with Gasteiger partial charge >= 0.3 is 342 Å². The molecule has 0 spiro atoms. The van der Waals surface area contributed by atoms with Crippen LogP contribution in [0.3, 0.4) is 0 Å². The van der Waals surface area contributed by atoms with Gasteiger partial charge in [-0.05, 0) is 0 Å². The van der Waals surface area contributed by atoms with E-state index in [1.54, 1.807) is 22.3 Å². The molecule has 0 nitrogen and oxygen atoms in total. The van der Waals surface area contributed by atoms with Crippen molar-refractivity contribution in [2.75, 3.05) is 0 Å². The van der Waals surface area contributed by atoms with Gasteiger partial charge in [-0.15, -0.1) is 0 Å². The summed E-state index contributed by atoms with van der Waals surface area (Å²) in [6.45, 7) is 10.2. The summed E-state index contributed by atoms with van der Waals surface area (Å²) in [7, 11) is 0. The molecule has 0 radical (unpaired) electrons. The van der Waals surface area contributed by atoms with E-state index in [1.165, 1.54) is 102 Å². The first-order valence-electron chi connectivity index (χ1n) is 20.7. The number of rotatable bonds is 8. The van der Waals surface area contributed by atoms with Crippen molar-refractivity contribution in [3.8, 4) is 22.3 Å². The quantitative estimate of drug-likeness (QED) is 0.105. The van der Waals surface area contributed by atoms with E-state index in [-0.39, 0.29) is 24.8 Å². The van der Waals surface area contributed by atoms with E-state index in [9.17, 15) is 0 Å². The van der Waals surface area contributed by atoms with E-state index in [1.807, 2.05) is 0 Å². The van der Waals surface area contributed by atoms with Crippen molar-refractivity contribution in [3.05, 3.63) is 179 Å². The van der Waals surface area contributed by atoms with Gasteiger partial charge in [0.15, 0.2) is 0 Å². The molecule has 10 rings (SSSR count). The summed E-state index contributed by atoms with van der Waals surface area (Å²) in [5.74, 6) is 0. The van der Waals surface area contributed by atoms with Gasteiger partial charge < -0.3 is 24.8 Å². The largest absolute Gasteiger partial charge is 1.00 e. The van der Waals surface area contributed by atoms with Crippen molar-refractivity contribution in [3.63, 3.8) is 0 Å². The third kappa shape index (κ3) is 6.70. The zero-order chi connectivity index (χ0) is 37.9. The van der Waals surface area contributed by atoms with Crippen LogP contribution in [0.25, 0.3) is 77.5 Å². The molecule has 286 valence electrons. The van der Waals surface area contributed by atoms with Crippen molar-refractivity contribution in [2.45, 2.75) is 59.9 Å². The number of benzene rings is 8. The van der Waals surface area contributed by atoms with Crippen LogP contribution in [0.5, 0.6) is 0 Å². The number of hydrogen-bond acceptors (Lipinski definition) is 0. The molecule has 0 amide bonds. The van der Waals surface area contributed by atoms with Crippen LogP contribution in [-0.4, -0.2) is 5.43 Å². The molecule has 2 aliphatic rings. The molecular formula is C54H48Cl2SiZr. The van der Waals surface area contributed by atoms with Crippen molar-refractivity contribution in [1.29, 1.82) is 0 Å². The minimum atomic E-state index is -2.38. The average molecular weight is 887 g/mol. The SMILES string of the molecule is CCCC1=Cc2c(-c3c4ccccc4cc4ccccc34)cccc2[CH]1[Zr+2]([CH]1C(CCC)=Cc2c(-c3c4ccccc4cc4ccccc34)cccc21)=[Si](C)C.[Cl-].[Cl-]. The third-order valence-corrected chi connectivity index (χ3v) is 32.2. The molecule has 0 N–H and O–H groups in total. The van der Waals surface area contributed by atoms with Gasteiger partial charge in [-0.2, -0.15) is 0 Å². The first kappa shape index (κ1) is 40.7. The van der Waals surface area contributed by atoms with Gasteiger partial charge in [-0.1, -0.05) is 0 Å². The van der Waals surface area contributed by atoms with E-state index < -0.39 is 25.8 Å². The zero-order valence-electron chi connectivity index (χ0n) is 33.8. The van der Waals surface area contributed by atoms with Gasteiger partial charge in [-0.25, -0.2) is 0 Å². The van der Waals surface area contributed by atoms with Crippen molar-refractivity contribution < 1.29 is 45.2 Å². The predicted octanol–water partition coefficient (Wildman–Crippen LogP) is 9.69. The first-order valence-corrected chi connectivity index (χ1v) is 29.7. The second-order valence-electron chi connectivity index (χ2n) is 16.3. The molecule has 8 aromatic carbocycles.